The van der Waals surface area contributed by atoms with Crippen LogP contribution in [0.1, 0.15) is 11.1 Å². The molecule has 0 aromatic heterocycles. The number of hydrogen-bond acceptors (Lipinski definition) is 4. The Morgan fingerprint density at radius 2 is 1.63 bits per heavy atom. The van der Waals surface area contributed by atoms with Gasteiger partial charge in [-0.1, -0.05) is 59.6 Å². The van der Waals surface area contributed by atoms with E-state index in [1.807, 2.05) is 60.7 Å². The Balaban J connectivity index is 1.42. The molecule has 3 aromatic carbocycles. The van der Waals surface area contributed by atoms with Gasteiger partial charge in [0.15, 0.2) is 5.17 Å². The van der Waals surface area contributed by atoms with E-state index >= 15 is 0 Å². The molecule has 0 unspecified atom stereocenters. The second kappa shape index (κ2) is 9.39. The fraction of sp³-hybridized carbons (Fsp3) is 0.0435. The molecule has 1 fully saturated rings. The molecule has 0 bridgehead atoms. The van der Waals surface area contributed by atoms with E-state index in [2.05, 4.69) is 10.3 Å². The molecule has 1 heterocycles. The summed E-state index contributed by atoms with van der Waals surface area (Å²) in [6.45, 7) is 0.274. The summed E-state index contributed by atoms with van der Waals surface area (Å²) in [5.41, 5.74) is 2.43. The minimum atomic E-state index is -0.164. The molecule has 7 heteroatoms. The van der Waals surface area contributed by atoms with Gasteiger partial charge < -0.3 is 10.1 Å². The first kappa shape index (κ1) is 20.5. The molecular formula is C23H16Cl2N2O2S. The first-order valence-corrected chi connectivity index (χ1v) is 10.7. The van der Waals surface area contributed by atoms with Crippen molar-refractivity contribution in [2.45, 2.75) is 6.61 Å². The molecule has 1 aliphatic heterocycles. The van der Waals surface area contributed by atoms with Crippen LogP contribution in [0.25, 0.3) is 6.08 Å². The summed E-state index contributed by atoms with van der Waals surface area (Å²) in [6.07, 6.45) is 1.82. The van der Waals surface area contributed by atoms with Crippen molar-refractivity contribution in [3.63, 3.8) is 0 Å². The zero-order valence-electron chi connectivity index (χ0n) is 15.6. The van der Waals surface area contributed by atoms with E-state index in [0.29, 0.717) is 25.9 Å². The molecule has 0 spiro atoms. The molecule has 0 aliphatic carbocycles. The van der Waals surface area contributed by atoms with E-state index in [0.717, 1.165) is 16.8 Å². The van der Waals surface area contributed by atoms with Gasteiger partial charge in [-0.25, -0.2) is 4.99 Å². The van der Waals surface area contributed by atoms with E-state index in [-0.39, 0.29) is 12.5 Å². The fourth-order valence-electron chi connectivity index (χ4n) is 2.74. The molecule has 0 radical (unpaired) electrons. The van der Waals surface area contributed by atoms with Crippen LogP contribution in [0.15, 0.2) is 82.7 Å². The van der Waals surface area contributed by atoms with Gasteiger partial charge in [0.2, 0.25) is 0 Å². The number of halogens is 2. The maximum atomic E-state index is 12.2. The van der Waals surface area contributed by atoms with Gasteiger partial charge in [0.1, 0.15) is 12.4 Å². The van der Waals surface area contributed by atoms with Crippen molar-refractivity contribution in [1.82, 2.24) is 5.32 Å². The molecule has 1 saturated heterocycles. The second-order valence-corrected chi connectivity index (χ2v) is 8.22. The van der Waals surface area contributed by atoms with Crippen LogP contribution < -0.4 is 10.1 Å². The number of nitrogens with one attached hydrogen (secondary N) is 1. The highest BCUT2D eigenvalue weighted by Crippen LogP contribution is 2.29. The molecule has 1 aliphatic rings. The Hall–Kier alpha value is -2.73. The van der Waals surface area contributed by atoms with Crippen molar-refractivity contribution in [1.29, 1.82) is 0 Å². The predicted octanol–water partition coefficient (Wildman–Crippen LogP) is 6.46. The lowest BCUT2D eigenvalue weighted by Gasteiger charge is -2.09. The van der Waals surface area contributed by atoms with Gasteiger partial charge in [0.05, 0.1) is 10.6 Å². The topological polar surface area (TPSA) is 50.7 Å². The van der Waals surface area contributed by atoms with E-state index in [4.69, 9.17) is 27.9 Å². The molecular weight excluding hydrogens is 439 g/mol. The third kappa shape index (κ3) is 5.05. The first-order chi connectivity index (χ1) is 14.6. The van der Waals surface area contributed by atoms with Crippen LogP contribution in [-0.4, -0.2) is 11.1 Å². The third-order valence-electron chi connectivity index (χ3n) is 4.26. The maximum absolute atomic E-state index is 12.2. The SMILES string of the molecule is O=C1NC(=Nc2ccccc2)S/C1=C\c1ccc(OCc2c(Cl)cccc2Cl)cc1. The summed E-state index contributed by atoms with van der Waals surface area (Å²) in [6, 6.07) is 22.3. The quantitative estimate of drug-likeness (QED) is 0.449. The lowest BCUT2D eigenvalue weighted by molar-refractivity contribution is -0.115. The normalized spacial score (nSPS) is 16.1. The van der Waals surface area contributed by atoms with Crippen LogP contribution in [-0.2, 0) is 11.4 Å². The Kier molecular flexibility index (Phi) is 6.43. The summed E-state index contributed by atoms with van der Waals surface area (Å²) >= 11 is 13.7. The van der Waals surface area contributed by atoms with E-state index < -0.39 is 0 Å². The predicted molar refractivity (Wildman–Crippen MR) is 124 cm³/mol. The van der Waals surface area contributed by atoms with Crippen molar-refractivity contribution in [3.05, 3.63) is 98.9 Å². The van der Waals surface area contributed by atoms with E-state index in [1.165, 1.54) is 11.8 Å². The van der Waals surface area contributed by atoms with Crippen LogP contribution in [0.2, 0.25) is 10.0 Å². The molecule has 0 atom stereocenters. The van der Waals surface area contributed by atoms with Crippen LogP contribution in [0.4, 0.5) is 5.69 Å². The number of nitrogens with zero attached hydrogens (tertiary/aromatic N) is 1. The maximum Gasteiger partial charge on any atom is 0.264 e. The van der Waals surface area contributed by atoms with Crippen LogP contribution in [0, 0.1) is 0 Å². The minimum Gasteiger partial charge on any atom is -0.489 e. The lowest BCUT2D eigenvalue weighted by atomic mass is 10.2. The Bertz CT molecular complexity index is 1110. The number of amidine groups is 1. The standard InChI is InChI=1S/C23H16Cl2N2O2S/c24-19-7-4-8-20(25)18(19)14-29-17-11-9-15(10-12-17)13-21-22(28)27-23(30-21)26-16-5-2-1-3-6-16/h1-13H,14H2,(H,26,27,28)/b21-13-. The Morgan fingerprint density at radius 3 is 2.33 bits per heavy atom. The number of benzene rings is 3. The number of carbonyl (C=O) groups is 1. The Labute approximate surface area is 188 Å². The van der Waals surface area contributed by atoms with Crippen molar-refractivity contribution < 1.29 is 9.53 Å². The van der Waals surface area contributed by atoms with Crippen LogP contribution in [0.5, 0.6) is 5.75 Å². The summed E-state index contributed by atoms with van der Waals surface area (Å²) in [5.74, 6) is 0.520. The van der Waals surface area contributed by atoms with Gasteiger partial charge in [-0.05, 0) is 59.8 Å². The number of hydrogen-bond donors (Lipinski definition) is 1. The van der Waals surface area contributed by atoms with Gasteiger partial charge in [0.25, 0.3) is 5.91 Å². The second-order valence-electron chi connectivity index (χ2n) is 6.38. The molecule has 3 aromatic rings. The number of ether oxygens (including phenoxy) is 1. The zero-order valence-corrected chi connectivity index (χ0v) is 18.0. The minimum absolute atomic E-state index is 0.164. The van der Waals surface area contributed by atoms with Crippen LogP contribution in [0.3, 0.4) is 0 Å². The summed E-state index contributed by atoms with van der Waals surface area (Å²) in [4.78, 5) is 17.3. The van der Waals surface area contributed by atoms with Gasteiger partial charge in [-0.2, -0.15) is 0 Å². The first-order valence-electron chi connectivity index (χ1n) is 9.09. The van der Waals surface area contributed by atoms with Crippen molar-refractivity contribution in [2.24, 2.45) is 4.99 Å². The summed E-state index contributed by atoms with van der Waals surface area (Å²) in [7, 11) is 0. The monoisotopic (exact) mass is 454 g/mol. The highest BCUT2D eigenvalue weighted by Gasteiger charge is 2.23. The van der Waals surface area contributed by atoms with Gasteiger partial charge in [0, 0.05) is 15.6 Å². The van der Waals surface area contributed by atoms with E-state index in [1.54, 1.807) is 18.2 Å². The largest absolute Gasteiger partial charge is 0.489 e. The Morgan fingerprint density at radius 1 is 0.933 bits per heavy atom. The molecule has 4 rings (SSSR count). The number of aliphatic imine (C=N–C) groups is 1. The summed E-state index contributed by atoms with van der Waals surface area (Å²) < 4.78 is 5.79. The third-order valence-corrected chi connectivity index (χ3v) is 5.88. The van der Waals surface area contributed by atoms with Crippen molar-refractivity contribution in [3.8, 4) is 5.75 Å². The lowest BCUT2D eigenvalue weighted by Crippen LogP contribution is -2.19. The average molecular weight is 455 g/mol. The number of thioether (sulfide) groups is 1. The summed E-state index contributed by atoms with van der Waals surface area (Å²) in [5, 5.41) is 4.49. The van der Waals surface area contributed by atoms with Gasteiger partial charge in [-0.15, -0.1) is 0 Å². The molecule has 1 N–H and O–H groups in total. The number of rotatable bonds is 5. The highest BCUT2D eigenvalue weighted by atomic mass is 35.5. The molecule has 30 heavy (non-hydrogen) atoms. The number of carbonyl (C=O) groups excluding carboxylic acids is 1. The number of para-hydroxylation sites is 1. The fourth-order valence-corrected chi connectivity index (χ4v) is 4.09. The van der Waals surface area contributed by atoms with E-state index in [9.17, 15) is 4.79 Å². The van der Waals surface area contributed by atoms with Crippen molar-refractivity contribution >= 4 is 57.8 Å². The van der Waals surface area contributed by atoms with Gasteiger partial charge in [-0.3, -0.25) is 4.79 Å². The average Bonchev–Trinajstić information content (AvgIpc) is 3.08. The van der Waals surface area contributed by atoms with Gasteiger partial charge >= 0.3 is 0 Å². The smallest absolute Gasteiger partial charge is 0.264 e. The van der Waals surface area contributed by atoms with Crippen LogP contribution >= 0.6 is 35.0 Å². The molecule has 0 saturated carbocycles. The number of amides is 1. The molecule has 150 valence electrons. The molecule has 4 nitrogen and oxygen atoms in total. The highest BCUT2D eigenvalue weighted by molar-refractivity contribution is 8.18. The zero-order chi connectivity index (χ0) is 20.9. The molecule has 1 amide bonds. The van der Waals surface area contributed by atoms with Crippen molar-refractivity contribution in [2.75, 3.05) is 0 Å².